The van der Waals surface area contributed by atoms with Gasteiger partial charge >= 0.3 is 0 Å². The van der Waals surface area contributed by atoms with Gasteiger partial charge in [-0.15, -0.1) is 0 Å². The molecule has 2 aromatic carbocycles. The van der Waals surface area contributed by atoms with E-state index >= 15 is 0 Å². The number of aliphatic hydroxyl groups is 4. The number of rotatable bonds is 11. The van der Waals surface area contributed by atoms with Crippen LogP contribution in [0.15, 0.2) is 36.4 Å². The van der Waals surface area contributed by atoms with Gasteiger partial charge in [-0.25, -0.2) is 0 Å². The minimum absolute atomic E-state index is 0.107. The molecule has 1 aliphatic heterocycles. The number of benzene rings is 2. The molecule has 0 radical (unpaired) electrons. The summed E-state index contributed by atoms with van der Waals surface area (Å²) >= 11 is 0. The molecule has 1 heterocycles. The Balaban J connectivity index is 1.94. The maximum Gasteiger partial charge on any atom is 0.187 e. The molecule has 214 valence electrons. The second kappa shape index (κ2) is 14.3. The Kier molecular flexibility index (Phi) is 11.2. The minimum Gasteiger partial charge on any atom is -0.493 e. The molecule has 0 saturated carbocycles. The zero-order valence-corrected chi connectivity index (χ0v) is 22.6. The summed E-state index contributed by atoms with van der Waals surface area (Å²) in [4.78, 5) is 0. The lowest BCUT2D eigenvalue weighted by Gasteiger charge is -2.41. The average Bonchev–Trinajstić information content (AvgIpc) is 2.97. The van der Waals surface area contributed by atoms with Gasteiger partial charge in [-0.2, -0.15) is 0 Å². The van der Waals surface area contributed by atoms with Gasteiger partial charge in [0.15, 0.2) is 29.3 Å². The molecule has 1 aliphatic rings. The first kappa shape index (κ1) is 30.5. The van der Waals surface area contributed by atoms with E-state index in [1.54, 1.807) is 43.5 Å². The van der Waals surface area contributed by atoms with Crippen LogP contribution in [-0.4, -0.2) is 99.4 Å². The lowest BCUT2D eigenvalue weighted by atomic mass is 9.98. The van der Waals surface area contributed by atoms with Crippen LogP contribution in [0.3, 0.4) is 0 Å². The molecule has 0 aliphatic carbocycles. The minimum atomic E-state index is -1.60. The lowest BCUT2D eigenvalue weighted by molar-refractivity contribution is -0.317. The third kappa shape index (κ3) is 7.12. The van der Waals surface area contributed by atoms with Crippen LogP contribution >= 0.6 is 0 Å². The molecule has 1 saturated heterocycles. The standard InChI is InChI=1S/C28H36O11/c1-33-18-11-9-16(13-21(18)35-3)7-6-8-20(38-28-26(32)25(31)24(30)23(15-29)39-28)27(37-5)17-10-12-19(34-2)22(14-17)36-4/h9-14,20,23-32H,8,15H2,1-5H3. The van der Waals surface area contributed by atoms with Crippen LogP contribution in [0.2, 0.25) is 0 Å². The van der Waals surface area contributed by atoms with Crippen LogP contribution in [0.1, 0.15) is 23.7 Å². The highest BCUT2D eigenvalue weighted by Crippen LogP contribution is 2.35. The van der Waals surface area contributed by atoms with E-state index in [0.29, 0.717) is 34.1 Å². The second-order valence-corrected chi connectivity index (χ2v) is 8.72. The number of ether oxygens (including phenoxy) is 7. The van der Waals surface area contributed by atoms with Crippen LogP contribution in [-0.2, 0) is 14.2 Å². The highest BCUT2D eigenvalue weighted by molar-refractivity contribution is 5.48. The Morgan fingerprint density at radius 2 is 1.41 bits per heavy atom. The van der Waals surface area contributed by atoms with Crippen molar-refractivity contribution in [1.29, 1.82) is 0 Å². The molecular weight excluding hydrogens is 512 g/mol. The van der Waals surface area contributed by atoms with Crippen molar-refractivity contribution in [1.82, 2.24) is 0 Å². The van der Waals surface area contributed by atoms with Crippen molar-refractivity contribution in [3.8, 4) is 34.8 Å². The van der Waals surface area contributed by atoms with Gasteiger partial charge in [-0.1, -0.05) is 17.9 Å². The van der Waals surface area contributed by atoms with Gasteiger partial charge in [-0.3, -0.25) is 0 Å². The fraction of sp³-hybridized carbons (Fsp3) is 0.500. The maximum atomic E-state index is 10.6. The molecular formula is C28H36O11. The van der Waals surface area contributed by atoms with Crippen molar-refractivity contribution in [2.24, 2.45) is 0 Å². The summed E-state index contributed by atoms with van der Waals surface area (Å²) in [6.45, 7) is -0.585. The summed E-state index contributed by atoms with van der Waals surface area (Å²) in [6.07, 6.45) is -8.67. The quantitative estimate of drug-likeness (QED) is 0.299. The van der Waals surface area contributed by atoms with E-state index in [9.17, 15) is 20.4 Å². The molecule has 7 atom stereocenters. The van der Waals surface area contributed by atoms with E-state index in [1.165, 1.54) is 28.4 Å². The molecule has 7 unspecified atom stereocenters. The Bertz CT molecular complexity index is 1130. The molecule has 39 heavy (non-hydrogen) atoms. The van der Waals surface area contributed by atoms with Crippen molar-refractivity contribution in [2.45, 2.75) is 49.3 Å². The molecule has 0 amide bonds. The monoisotopic (exact) mass is 548 g/mol. The van der Waals surface area contributed by atoms with Crippen LogP contribution < -0.4 is 18.9 Å². The van der Waals surface area contributed by atoms with Crippen LogP contribution in [0.4, 0.5) is 0 Å². The van der Waals surface area contributed by atoms with Crippen molar-refractivity contribution < 1.29 is 53.6 Å². The highest BCUT2D eigenvalue weighted by atomic mass is 16.7. The van der Waals surface area contributed by atoms with Crippen molar-refractivity contribution >= 4 is 0 Å². The summed E-state index contributed by atoms with van der Waals surface area (Å²) < 4.78 is 38.9. The van der Waals surface area contributed by atoms with E-state index in [2.05, 4.69) is 11.8 Å². The van der Waals surface area contributed by atoms with Gasteiger partial charge in [-0.05, 0) is 35.9 Å². The summed E-state index contributed by atoms with van der Waals surface area (Å²) in [5.41, 5.74) is 1.33. The van der Waals surface area contributed by atoms with E-state index in [-0.39, 0.29) is 6.42 Å². The number of hydrogen-bond donors (Lipinski definition) is 4. The van der Waals surface area contributed by atoms with E-state index in [4.69, 9.17) is 33.2 Å². The Morgan fingerprint density at radius 3 is 2.00 bits per heavy atom. The predicted octanol–water partition coefficient (Wildman–Crippen LogP) is 1.04. The molecule has 11 nitrogen and oxygen atoms in total. The fourth-order valence-corrected chi connectivity index (χ4v) is 4.28. The predicted molar refractivity (Wildman–Crippen MR) is 139 cm³/mol. The third-order valence-electron chi connectivity index (χ3n) is 6.40. The third-order valence-corrected chi connectivity index (χ3v) is 6.40. The Hall–Kier alpha value is -3.08. The van der Waals surface area contributed by atoms with Gasteiger partial charge < -0.3 is 53.6 Å². The number of methoxy groups -OCH3 is 5. The summed E-state index contributed by atoms with van der Waals surface area (Å²) in [5.74, 6) is 8.22. The molecule has 0 aromatic heterocycles. The average molecular weight is 549 g/mol. The normalized spacial score (nSPS) is 24.2. The Labute approximate surface area is 227 Å². The first-order valence-electron chi connectivity index (χ1n) is 12.2. The van der Waals surface area contributed by atoms with E-state index < -0.39 is 49.5 Å². The molecule has 0 spiro atoms. The lowest BCUT2D eigenvalue weighted by Crippen LogP contribution is -2.59. The fourth-order valence-electron chi connectivity index (χ4n) is 4.28. The van der Waals surface area contributed by atoms with Crippen molar-refractivity contribution in [3.63, 3.8) is 0 Å². The van der Waals surface area contributed by atoms with Crippen molar-refractivity contribution in [2.75, 3.05) is 42.2 Å². The largest absolute Gasteiger partial charge is 0.493 e. The van der Waals surface area contributed by atoms with Gasteiger partial charge in [0.05, 0.1) is 35.0 Å². The zero-order chi connectivity index (χ0) is 28.5. The van der Waals surface area contributed by atoms with E-state index in [0.717, 1.165) is 0 Å². The summed E-state index contributed by atoms with van der Waals surface area (Å²) in [7, 11) is 7.61. The SMILES string of the molecule is COc1ccc(C#CCC(OC2OC(CO)C(O)C(O)C2O)C(OC)c2ccc(OC)c(OC)c2)cc1OC. The molecule has 11 heteroatoms. The highest BCUT2D eigenvalue weighted by Gasteiger charge is 2.45. The van der Waals surface area contributed by atoms with Crippen LogP contribution in [0, 0.1) is 11.8 Å². The van der Waals surface area contributed by atoms with Gasteiger partial charge in [0.2, 0.25) is 0 Å². The molecule has 3 rings (SSSR count). The maximum absolute atomic E-state index is 10.6. The number of hydrogen-bond acceptors (Lipinski definition) is 11. The van der Waals surface area contributed by atoms with E-state index in [1.807, 2.05) is 0 Å². The summed E-state index contributed by atoms with van der Waals surface area (Å²) in [6, 6.07) is 10.5. The summed E-state index contributed by atoms with van der Waals surface area (Å²) in [5, 5.41) is 40.6. The molecule has 0 bridgehead atoms. The van der Waals surface area contributed by atoms with Crippen LogP contribution in [0.25, 0.3) is 0 Å². The molecule has 4 N–H and O–H groups in total. The topological polar surface area (TPSA) is 146 Å². The zero-order valence-electron chi connectivity index (χ0n) is 22.6. The van der Waals surface area contributed by atoms with Gasteiger partial charge in [0, 0.05) is 19.1 Å². The van der Waals surface area contributed by atoms with Gasteiger partial charge in [0.25, 0.3) is 0 Å². The first-order valence-corrected chi connectivity index (χ1v) is 12.2. The van der Waals surface area contributed by atoms with Crippen LogP contribution in [0.5, 0.6) is 23.0 Å². The number of aliphatic hydroxyl groups excluding tert-OH is 4. The van der Waals surface area contributed by atoms with Crippen molar-refractivity contribution in [3.05, 3.63) is 47.5 Å². The van der Waals surface area contributed by atoms with Gasteiger partial charge in [0.1, 0.15) is 36.6 Å². The Morgan fingerprint density at radius 1 is 0.795 bits per heavy atom. The second-order valence-electron chi connectivity index (χ2n) is 8.72. The smallest absolute Gasteiger partial charge is 0.187 e. The molecule has 2 aromatic rings. The first-order chi connectivity index (χ1) is 18.8. The molecule has 1 fully saturated rings.